The lowest BCUT2D eigenvalue weighted by molar-refractivity contribution is -0.305. The first-order chi connectivity index (χ1) is 6.90. The summed E-state index contributed by atoms with van der Waals surface area (Å²) in [5.41, 5.74) is -4.53. The van der Waals surface area contributed by atoms with Crippen LogP contribution in [0.1, 0.15) is 10.8 Å². The van der Waals surface area contributed by atoms with Gasteiger partial charge in [-0.25, -0.2) is 0 Å². The summed E-state index contributed by atoms with van der Waals surface area (Å²) in [5.74, 6) is -1.75. The topological polar surface area (TPSA) is 40.1 Å². The first-order valence-electron chi connectivity index (χ1n) is 3.90. The molecule has 0 saturated heterocycles. The molecular weight excluding hydrogens is 229 g/mol. The fourth-order valence-electron chi connectivity index (χ4n) is 1.01. The molecule has 0 aromatic heterocycles. The van der Waals surface area contributed by atoms with E-state index in [1.165, 1.54) is 24.3 Å². The lowest BCUT2D eigenvalue weighted by atomic mass is 10.1. The van der Waals surface area contributed by atoms with Gasteiger partial charge in [-0.1, -0.05) is 30.3 Å². The number of thioether (sulfide) groups is 1. The van der Waals surface area contributed by atoms with Crippen LogP contribution in [0, 0.1) is 0 Å². The summed E-state index contributed by atoms with van der Waals surface area (Å²) in [6.45, 7) is 0. The number of hydrogen-bond acceptors (Lipinski definition) is 3. The Morgan fingerprint density at radius 1 is 1.27 bits per heavy atom. The van der Waals surface area contributed by atoms with Crippen LogP contribution in [-0.4, -0.2) is 11.5 Å². The van der Waals surface area contributed by atoms with E-state index in [-0.39, 0.29) is 5.56 Å². The molecule has 0 aliphatic heterocycles. The van der Waals surface area contributed by atoms with Gasteiger partial charge >= 0.3 is 5.51 Å². The molecule has 0 radical (unpaired) electrons. The van der Waals surface area contributed by atoms with E-state index >= 15 is 0 Å². The van der Waals surface area contributed by atoms with E-state index in [1.54, 1.807) is 6.07 Å². The predicted molar refractivity (Wildman–Crippen MR) is 47.8 cm³/mol. The lowest BCUT2D eigenvalue weighted by Crippen LogP contribution is -2.29. The molecule has 0 heterocycles. The molecule has 0 aliphatic rings. The van der Waals surface area contributed by atoms with Crippen molar-refractivity contribution < 1.29 is 23.1 Å². The Balaban J connectivity index is 2.90. The van der Waals surface area contributed by atoms with Crippen LogP contribution in [0.3, 0.4) is 0 Å². The van der Waals surface area contributed by atoms with E-state index in [9.17, 15) is 23.1 Å². The Bertz CT molecular complexity index is 337. The molecule has 1 rings (SSSR count). The van der Waals surface area contributed by atoms with Crippen molar-refractivity contribution in [3.8, 4) is 0 Å². The van der Waals surface area contributed by atoms with E-state index in [0.29, 0.717) is 0 Å². The Labute approximate surface area is 88.1 Å². The standard InChI is InChI=1S/C9H7F3O2S/c10-9(11,12)15-7(8(13)14)6-4-2-1-3-5-6/h1-5,7H,(H,13,14)/p-1. The van der Waals surface area contributed by atoms with Crippen molar-refractivity contribution >= 4 is 17.7 Å². The van der Waals surface area contributed by atoms with Crippen LogP contribution >= 0.6 is 11.8 Å². The molecule has 1 atom stereocenters. The van der Waals surface area contributed by atoms with Crippen LogP contribution in [0.25, 0.3) is 0 Å². The second-order valence-electron chi connectivity index (χ2n) is 2.67. The molecule has 0 fully saturated rings. The van der Waals surface area contributed by atoms with Gasteiger partial charge in [0.1, 0.15) is 0 Å². The Morgan fingerprint density at radius 3 is 2.20 bits per heavy atom. The molecule has 2 nitrogen and oxygen atoms in total. The molecule has 0 aliphatic carbocycles. The van der Waals surface area contributed by atoms with Gasteiger partial charge < -0.3 is 9.90 Å². The van der Waals surface area contributed by atoms with E-state index < -0.39 is 28.5 Å². The molecule has 0 bridgehead atoms. The average molecular weight is 235 g/mol. The number of aliphatic carboxylic acids is 1. The highest BCUT2D eigenvalue weighted by atomic mass is 32.2. The van der Waals surface area contributed by atoms with E-state index in [2.05, 4.69) is 0 Å². The largest absolute Gasteiger partial charge is 0.549 e. The summed E-state index contributed by atoms with van der Waals surface area (Å²) in [5, 5.41) is 8.83. The van der Waals surface area contributed by atoms with Crippen LogP contribution in [0.2, 0.25) is 0 Å². The third-order valence-electron chi connectivity index (χ3n) is 1.57. The zero-order valence-corrected chi connectivity index (χ0v) is 8.14. The summed E-state index contributed by atoms with van der Waals surface area (Å²) in [4.78, 5) is 10.5. The molecule has 0 amide bonds. The highest BCUT2D eigenvalue weighted by Crippen LogP contribution is 2.41. The highest BCUT2D eigenvalue weighted by Gasteiger charge is 2.34. The van der Waals surface area contributed by atoms with Crippen molar-refractivity contribution in [2.45, 2.75) is 10.8 Å². The minimum atomic E-state index is -4.60. The van der Waals surface area contributed by atoms with Gasteiger partial charge in [0.05, 0.1) is 11.2 Å². The Hall–Kier alpha value is -1.17. The number of benzene rings is 1. The van der Waals surface area contributed by atoms with Gasteiger partial charge in [-0.05, 0) is 17.3 Å². The van der Waals surface area contributed by atoms with Gasteiger partial charge in [0.15, 0.2) is 0 Å². The summed E-state index contributed by atoms with van der Waals surface area (Å²) in [6.07, 6.45) is 0. The third kappa shape index (κ3) is 3.83. The molecule has 82 valence electrons. The van der Waals surface area contributed by atoms with Gasteiger partial charge in [0, 0.05) is 0 Å². The fraction of sp³-hybridized carbons (Fsp3) is 0.222. The number of carbonyl (C=O) groups excluding carboxylic acids is 1. The third-order valence-corrected chi connectivity index (χ3v) is 2.54. The van der Waals surface area contributed by atoms with Gasteiger partial charge in [-0.3, -0.25) is 0 Å². The van der Waals surface area contributed by atoms with Gasteiger partial charge in [0.25, 0.3) is 0 Å². The lowest BCUT2D eigenvalue weighted by Gasteiger charge is -2.19. The molecule has 6 heteroatoms. The minimum Gasteiger partial charge on any atom is -0.549 e. The molecule has 1 unspecified atom stereocenters. The molecule has 1 aromatic carbocycles. The van der Waals surface area contributed by atoms with Crippen LogP contribution < -0.4 is 5.11 Å². The van der Waals surface area contributed by atoms with Crippen LogP contribution in [0.15, 0.2) is 30.3 Å². The van der Waals surface area contributed by atoms with Gasteiger partial charge in [0.2, 0.25) is 0 Å². The fourth-order valence-corrected chi connectivity index (χ4v) is 1.67. The number of carboxylic acids is 1. The monoisotopic (exact) mass is 235 g/mol. The van der Waals surface area contributed by atoms with Crippen molar-refractivity contribution in [1.82, 2.24) is 0 Å². The van der Waals surface area contributed by atoms with Crippen molar-refractivity contribution in [3.63, 3.8) is 0 Å². The van der Waals surface area contributed by atoms with Crippen molar-refractivity contribution in [3.05, 3.63) is 35.9 Å². The smallest absolute Gasteiger partial charge is 0.442 e. The minimum absolute atomic E-state index is 0.0693. The van der Waals surface area contributed by atoms with E-state index in [1.807, 2.05) is 0 Å². The van der Waals surface area contributed by atoms with E-state index in [0.717, 1.165) is 0 Å². The summed E-state index contributed by atoms with van der Waals surface area (Å²) in [7, 11) is 0. The highest BCUT2D eigenvalue weighted by molar-refractivity contribution is 8.01. The molecule has 0 saturated carbocycles. The first kappa shape index (κ1) is 11.9. The predicted octanol–water partition coefficient (Wildman–Crippen LogP) is 1.73. The maximum Gasteiger partial charge on any atom is 0.442 e. The number of carbonyl (C=O) groups is 1. The number of rotatable bonds is 3. The van der Waals surface area contributed by atoms with Crippen molar-refractivity contribution in [2.24, 2.45) is 0 Å². The normalized spacial score (nSPS) is 13.5. The van der Waals surface area contributed by atoms with Crippen molar-refractivity contribution in [2.75, 3.05) is 0 Å². The van der Waals surface area contributed by atoms with Crippen LogP contribution in [-0.2, 0) is 4.79 Å². The van der Waals surface area contributed by atoms with Crippen LogP contribution in [0.5, 0.6) is 0 Å². The SMILES string of the molecule is O=C([O-])C(SC(F)(F)F)c1ccccc1. The van der Waals surface area contributed by atoms with Crippen LogP contribution in [0.4, 0.5) is 13.2 Å². The average Bonchev–Trinajstić information content (AvgIpc) is 2.14. The maximum atomic E-state index is 12.0. The molecule has 0 N–H and O–H groups in total. The number of alkyl halides is 3. The summed E-state index contributed by atoms with van der Waals surface area (Å²) < 4.78 is 36.1. The number of carboxylic acid groups (broad SMARTS) is 1. The molecule has 15 heavy (non-hydrogen) atoms. The zero-order chi connectivity index (χ0) is 11.5. The Morgan fingerprint density at radius 2 is 1.80 bits per heavy atom. The molecule has 0 spiro atoms. The summed E-state index contributed by atoms with van der Waals surface area (Å²) in [6, 6.07) is 7.18. The molecular formula is C9H6F3O2S-. The second-order valence-corrected chi connectivity index (χ2v) is 3.84. The van der Waals surface area contributed by atoms with Gasteiger partial charge in [-0.2, -0.15) is 13.2 Å². The Kier molecular flexibility index (Phi) is 3.62. The quantitative estimate of drug-likeness (QED) is 0.801. The van der Waals surface area contributed by atoms with E-state index in [4.69, 9.17) is 0 Å². The second kappa shape index (κ2) is 4.57. The number of halogens is 3. The molecule has 1 aromatic rings. The number of hydrogen-bond donors (Lipinski definition) is 0. The summed E-state index contributed by atoms with van der Waals surface area (Å²) >= 11 is -0.599. The first-order valence-corrected chi connectivity index (χ1v) is 4.78. The van der Waals surface area contributed by atoms with Gasteiger partial charge in [-0.15, -0.1) is 0 Å². The zero-order valence-electron chi connectivity index (χ0n) is 7.32. The maximum absolute atomic E-state index is 12.0. The van der Waals surface area contributed by atoms with Crippen molar-refractivity contribution in [1.29, 1.82) is 0 Å².